The zero-order valence-corrected chi connectivity index (χ0v) is 22.5. The highest BCUT2D eigenvalue weighted by molar-refractivity contribution is 5.84. The summed E-state index contributed by atoms with van der Waals surface area (Å²) in [6, 6.07) is 20.7. The molecule has 0 unspecified atom stereocenters. The standard InChI is InChI=1S/C32H26N4O6/c1-4-29(37)40-24-13-7-10-21(16-24)18-27-34-28(19-22-11-8-14-25(17-22)41-30(38)5-2)36-32(35-27)33-23-12-9-15-26(20-23)42-31(39)6-3/h4-17,20H,1-3,18-19H2,(H,33,34,35,36). The average molecular weight is 563 g/mol. The number of carbonyl (C=O) groups is 3. The van der Waals surface area contributed by atoms with Crippen molar-refractivity contribution in [2.24, 2.45) is 0 Å². The Labute approximate surface area is 242 Å². The number of anilines is 2. The Morgan fingerprint density at radius 1 is 0.619 bits per heavy atom. The molecule has 1 heterocycles. The third-order valence-corrected chi connectivity index (χ3v) is 5.49. The average Bonchev–Trinajstić information content (AvgIpc) is 2.97. The first-order valence-corrected chi connectivity index (χ1v) is 12.6. The molecule has 1 N–H and O–H groups in total. The summed E-state index contributed by atoms with van der Waals surface area (Å²) in [7, 11) is 0. The van der Waals surface area contributed by atoms with Gasteiger partial charge in [-0.3, -0.25) is 0 Å². The summed E-state index contributed by atoms with van der Waals surface area (Å²) in [5, 5.41) is 3.14. The van der Waals surface area contributed by atoms with Gasteiger partial charge < -0.3 is 19.5 Å². The Kier molecular flexibility index (Phi) is 9.66. The van der Waals surface area contributed by atoms with Gasteiger partial charge in [-0.05, 0) is 47.5 Å². The molecule has 10 nitrogen and oxygen atoms in total. The van der Waals surface area contributed by atoms with Crippen LogP contribution in [0.1, 0.15) is 22.8 Å². The fourth-order valence-electron chi connectivity index (χ4n) is 3.73. The van der Waals surface area contributed by atoms with Gasteiger partial charge in [-0.25, -0.2) is 19.4 Å². The van der Waals surface area contributed by atoms with Crippen molar-refractivity contribution in [1.82, 2.24) is 15.0 Å². The molecule has 3 aromatic carbocycles. The molecule has 0 fully saturated rings. The highest BCUT2D eigenvalue weighted by atomic mass is 16.5. The number of nitrogens with one attached hydrogen (secondary N) is 1. The molecule has 210 valence electrons. The van der Waals surface area contributed by atoms with Crippen LogP contribution in [0.15, 0.2) is 111 Å². The number of ether oxygens (including phenoxy) is 3. The smallest absolute Gasteiger partial charge is 0.335 e. The molecule has 4 rings (SSSR count). The molecule has 4 aromatic rings. The molecule has 0 saturated heterocycles. The number of nitrogens with zero attached hydrogens (tertiary/aromatic N) is 3. The molecule has 0 aliphatic rings. The highest BCUT2D eigenvalue weighted by Gasteiger charge is 2.12. The van der Waals surface area contributed by atoms with Crippen LogP contribution in [0.2, 0.25) is 0 Å². The lowest BCUT2D eigenvalue weighted by Crippen LogP contribution is -2.09. The number of esters is 3. The van der Waals surface area contributed by atoms with Crippen LogP contribution in [0, 0.1) is 0 Å². The zero-order chi connectivity index (χ0) is 29.9. The Hall–Kier alpha value is -5.90. The lowest BCUT2D eigenvalue weighted by Gasteiger charge is -2.11. The van der Waals surface area contributed by atoms with Crippen LogP contribution in [-0.4, -0.2) is 32.9 Å². The van der Waals surface area contributed by atoms with E-state index in [0.717, 1.165) is 29.4 Å². The van der Waals surface area contributed by atoms with E-state index >= 15 is 0 Å². The molecule has 0 amide bonds. The molecule has 0 saturated carbocycles. The van der Waals surface area contributed by atoms with E-state index in [-0.39, 0.29) is 5.95 Å². The number of aromatic nitrogens is 3. The second-order valence-electron chi connectivity index (χ2n) is 8.67. The maximum Gasteiger partial charge on any atom is 0.335 e. The van der Waals surface area contributed by atoms with Crippen molar-refractivity contribution in [3.8, 4) is 17.2 Å². The van der Waals surface area contributed by atoms with Crippen LogP contribution in [0.4, 0.5) is 11.6 Å². The van der Waals surface area contributed by atoms with Gasteiger partial charge in [0.1, 0.15) is 28.9 Å². The summed E-state index contributed by atoms with van der Waals surface area (Å²) in [4.78, 5) is 48.7. The number of carbonyl (C=O) groups excluding carboxylic acids is 3. The van der Waals surface area contributed by atoms with E-state index in [1.54, 1.807) is 60.7 Å². The molecule has 0 aliphatic heterocycles. The number of hydrogen-bond donors (Lipinski definition) is 1. The second-order valence-corrected chi connectivity index (χ2v) is 8.67. The van der Waals surface area contributed by atoms with E-state index in [9.17, 15) is 14.4 Å². The molecule has 0 radical (unpaired) electrons. The van der Waals surface area contributed by atoms with E-state index in [1.807, 2.05) is 12.1 Å². The minimum Gasteiger partial charge on any atom is -0.423 e. The Morgan fingerprint density at radius 2 is 1.05 bits per heavy atom. The first-order chi connectivity index (χ1) is 20.3. The minimum atomic E-state index is -0.584. The quantitative estimate of drug-likeness (QED) is 0.142. The third-order valence-electron chi connectivity index (χ3n) is 5.49. The maximum absolute atomic E-state index is 11.6. The van der Waals surface area contributed by atoms with Gasteiger partial charge in [0.15, 0.2) is 0 Å². The van der Waals surface area contributed by atoms with E-state index in [1.165, 1.54) is 0 Å². The maximum atomic E-state index is 11.6. The Morgan fingerprint density at radius 3 is 1.50 bits per heavy atom. The largest absolute Gasteiger partial charge is 0.423 e. The summed E-state index contributed by atoms with van der Waals surface area (Å²) in [5.74, 6) is 0.465. The summed E-state index contributed by atoms with van der Waals surface area (Å²) < 4.78 is 15.7. The van der Waals surface area contributed by atoms with Gasteiger partial charge in [0.05, 0.1) is 0 Å². The lowest BCUT2D eigenvalue weighted by atomic mass is 10.1. The number of benzene rings is 3. The number of hydrogen-bond acceptors (Lipinski definition) is 10. The van der Waals surface area contributed by atoms with Gasteiger partial charge in [-0.15, -0.1) is 0 Å². The van der Waals surface area contributed by atoms with Gasteiger partial charge in [0.25, 0.3) is 0 Å². The second kappa shape index (κ2) is 13.9. The number of rotatable bonds is 12. The van der Waals surface area contributed by atoms with Crippen molar-refractivity contribution in [2.45, 2.75) is 12.8 Å². The summed E-state index contributed by atoms with van der Waals surface area (Å²) >= 11 is 0. The molecular weight excluding hydrogens is 536 g/mol. The Balaban J connectivity index is 1.64. The topological polar surface area (TPSA) is 130 Å². The van der Waals surface area contributed by atoms with Crippen LogP contribution in [0.25, 0.3) is 0 Å². The fraction of sp³-hybridized carbons (Fsp3) is 0.0625. The van der Waals surface area contributed by atoms with E-state index in [2.05, 4.69) is 40.0 Å². The SMILES string of the molecule is C=CC(=O)Oc1cccc(Cc2nc(Cc3cccc(OC(=O)C=C)c3)nc(Nc3cccc(OC(=O)C=C)c3)n2)c1. The lowest BCUT2D eigenvalue weighted by molar-refractivity contribution is -0.129. The van der Waals surface area contributed by atoms with Gasteiger partial charge in [0, 0.05) is 42.8 Å². The Bertz CT molecular complexity index is 1460. The predicted molar refractivity (Wildman–Crippen MR) is 156 cm³/mol. The zero-order valence-electron chi connectivity index (χ0n) is 22.5. The summed E-state index contributed by atoms with van der Waals surface area (Å²) in [5.41, 5.74) is 2.16. The molecule has 10 heteroatoms. The third kappa shape index (κ3) is 8.55. The van der Waals surface area contributed by atoms with Crippen molar-refractivity contribution in [3.63, 3.8) is 0 Å². The monoisotopic (exact) mass is 562 g/mol. The summed E-state index contributed by atoms with van der Waals surface area (Å²) in [6.45, 7) is 10.2. The van der Waals surface area contributed by atoms with Crippen molar-refractivity contribution in [2.75, 3.05) is 5.32 Å². The van der Waals surface area contributed by atoms with E-state index in [4.69, 9.17) is 14.2 Å². The van der Waals surface area contributed by atoms with Gasteiger partial charge >= 0.3 is 17.9 Å². The van der Waals surface area contributed by atoms with Crippen molar-refractivity contribution >= 4 is 29.5 Å². The molecule has 0 spiro atoms. The predicted octanol–water partition coefficient (Wildman–Crippen LogP) is 5.07. The first kappa shape index (κ1) is 29.1. The highest BCUT2D eigenvalue weighted by Crippen LogP contribution is 2.22. The van der Waals surface area contributed by atoms with Crippen molar-refractivity contribution < 1.29 is 28.6 Å². The van der Waals surface area contributed by atoms with Crippen LogP contribution < -0.4 is 19.5 Å². The van der Waals surface area contributed by atoms with Gasteiger partial charge in [-0.1, -0.05) is 50.1 Å². The van der Waals surface area contributed by atoms with Crippen molar-refractivity contribution in [3.05, 3.63) is 134 Å². The van der Waals surface area contributed by atoms with Gasteiger partial charge in [0.2, 0.25) is 5.95 Å². The van der Waals surface area contributed by atoms with Crippen LogP contribution >= 0.6 is 0 Å². The van der Waals surface area contributed by atoms with Gasteiger partial charge in [-0.2, -0.15) is 9.97 Å². The van der Waals surface area contributed by atoms with Crippen molar-refractivity contribution in [1.29, 1.82) is 0 Å². The molecule has 0 aliphatic carbocycles. The van der Waals surface area contributed by atoms with E-state index in [0.29, 0.717) is 47.4 Å². The van der Waals surface area contributed by atoms with Crippen LogP contribution in [-0.2, 0) is 27.2 Å². The molecule has 0 atom stereocenters. The fourth-order valence-corrected chi connectivity index (χ4v) is 3.73. The molecular formula is C32H26N4O6. The molecule has 1 aromatic heterocycles. The normalized spacial score (nSPS) is 10.2. The molecule has 42 heavy (non-hydrogen) atoms. The molecule has 0 bridgehead atoms. The minimum absolute atomic E-state index is 0.255. The summed E-state index contributed by atoms with van der Waals surface area (Å²) in [6.07, 6.45) is 3.85. The van der Waals surface area contributed by atoms with E-state index < -0.39 is 17.9 Å². The van der Waals surface area contributed by atoms with Crippen LogP contribution in [0.5, 0.6) is 17.2 Å². The van der Waals surface area contributed by atoms with Crippen LogP contribution in [0.3, 0.4) is 0 Å². The first-order valence-electron chi connectivity index (χ1n) is 12.6.